The van der Waals surface area contributed by atoms with Crippen molar-refractivity contribution in [1.29, 1.82) is 0 Å². The Balaban J connectivity index is 0. The van der Waals surface area contributed by atoms with Gasteiger partial charge in [0.25, 0.3) is 10.1 Å². The van der Waals surface area contributed by atoms with Crippen molar-refractivity contribution in [3.05, 3.63) is 30.1 Å². The second-order valence-corrected chi connectivity index (χ2v) is 8.04. The largest absolute Gasteiger partial charge is 1.00 e. The third-order valence-electron chi connectivity index (χ3n) is 2.42. The zero-order valence-electron chi connectivity index (χ0n) is 13.3. The molecule has 0 bridgehead atoms. The van der Waals surface area contributed by atoms with Crippen molar-refractivity contribution in [1.82, 2.24) is 4.98 Å². The van der Waals surface area contributed by atoms with Crippen molar-refractivity contribution < 1.29 is 46.9 Å². The van der Waals surface area contributed by atoms with Crippen LogP contribution in [0.2, 0.25) is 0 Å². The standard InChI is InChI=1S/C11H18NO6PS.Li.H/c1-3-17-19(13,18-4-2)11(20(14,15)16)9-10-7-5-6-8-12-10;;/h5-8,11H,3-4,9H2,1-2H3,(H,14,15,16);;/q;+1;-1. The van der Waals surface area contributed by atoms with E-state index in [1.165, 1.54) is 6.20 Å². The fourth-order valence-corrected chi connectivity index (χ4v) is 5.23. The monoisotopic (exact) mass is 331 g/mol. The van der Waals surface area contributed by atoms with Crippen LogP contribution in [0, 0.1) is 0 Å². The molecule has 1 rings (SSSR count). The van der Waals surface area contributed by atoms with Gasteiger partial charge in [-0.2, -0.15) is 8.42 Å². The predicted molar refractivity (Wildman–Crippen MR) is 75.2 cm³/mol. The van der Waals surface area contributed by atoms with Crippen LogP contribution in [-0.2, 0) is 30.2 Å². The van der Waals surface area contributed by atoms with Crippen LogP contribution in [0.4, 0.5) is 0 Å². The molecule has 0 saturated carbocycles. The van der Waals surface area contributed by atoms with Gasteiger partial charge in [-0.05, 0) is 26.0 Å². The number of hydrogen-bond acceptors (Lipinski definition) is 6. The van der Waals surface area contributed by atoms with Gasteiger partial charge in [-0.1, -0.05) is 6.07 Å². The summed E-state index contributed by atoms with van der Waals surface area (Å²) in [5, 5.41) is 0. The van der Waals surface area contributed by atoms with Crippen molar-refractivity contribution in [3.8, 4) is 0 Å². The number of nitrogens with zero attached hydrogens (tertiary/aromatic N) is 1. The smallest absolute Gasteiger partial charge is 1.00 e. The fraction of sp³-hybridized carbons (Fsp3) is 0.545. The molecule has 7 nitrogen and oxygen atoms in total. The van der Waals surface area contributed by atoms with Crippen LogP contribution in [0.5, 0.6) is 0 Å². The molecule has 1 atom stereocenters. The molecule has 0 aliphatic carbocycles. The molecule has 0 spiro atoms. The first-order valence-corrected chi connectivity index (χ1v) is 9.20. The summed E-state index contributed by atoms with van der Waals surface area (Å²) in [5.41, 5.74) is 0.370. The molecule has 0 aliphatic heterocycles. The number of rotatable bonds is 8. The molecule has 0 amide bonds. The topological polar surface area (TPSA) is 103 Å². The molecule has 1 aromatic rings. The summed E-state index contributed by atoms with van der Waals surface area (Å²) < 4.78 is 54.9. The molecule has 1 N–H and O–H groups in total. The minimum absolute atomic E-state index is 0. The van der Waals surface area contributed by atoms with Gasteiger partial charge in [0, 0.05) is 18.3 Å². The van der Waals surface area contributed by atoms with Gasteiger partial charge in [0.1, 0.15) is 0 Å². The van der Waals surface area contributed by atoms with Crippen LogP contribution < -0.4 is 18.9 Å². The average molecular weight is 331 g/mol. The van der Waals surface area contributed by atoms with Crippen molar-refractivity contribution in [3.63, 3.8) is 0 Å². The number of hydrogen-bond donors (Lipinski definition) is 1. The van der Waals surface area contributed by atoms with Gasteiger partial charge >= 0.3 is 26.5 Å². The number of aromatic nitrogens is 1. The maximum atomic E-state index is 12.6. The van der Waals surface area contributed by atoms with E-state index in [0.29, 0.717) is 5.69 Å². The second-order valence-electron chi connectivity index (χ2n) is 3.87. The van der Waals surface area contributed by atoms with E-state index in [4.69, 9.17) is 9.05 Å². The van der Waals surface area contributed by atoms with Crippen LogP contribution >= 0.6 is 7.60 Å². The van der Waals surface area contributed by atoms with Crippen LogP contribution in [0.25, 0.3) is 0 Å². The minimum Gasteiger partial charge on any atom is -1.00 e. The zero-order chi connectivity index (χ0) is 15.2. The third kappa shape index (κ3) is 6.21. The van der Waals surface area contributed by atoms with Gasteiger partial charge < -0.3 is 10.5 Å². The SMILES string of the molecule is CCOP(=O)(OCC)C(Cc1ccccn1)S(=O)(=O)O.[H-].[Li+]. The molecule has 0 aromatic carbocycles. The Morgan fingerprint density at radius 3 is 2.29 bits per heavy atom. The summed E-state index contributed by atoms with van der Waals surface area (Å²) >= 11 is 0. The molecule has 0 saturated heterocycles. The third-order valence-corrected chi connectivity index (χ3v) is 6.98. The number of pyridine rings is 1. The van der Waals surface area contributed by atoms with Gasteiger partial charge in [-0.25, -0.2) is 0 Å². The summed E-state index contributed by atoms with van der Waals surface area (Å²) in [5.74, 6) is 0. The molecule has 0 radical (unpaired) electrons. The molecule has 0 aliphatic rings. The fourth-order valence-electron chi connectivity index (χ4n) is 1.64. The summed E-state index contributed by atoms with van der Waals surface area (Å²) in [7, 11) is -8.61. The van der Waals surface area contributed by atoms with Crippen molar-refractivity contribution in [2.24, 2.45) is 0 Å². The second kappa shape index (κ2) is 9.06. The van der Waals surface area contributed by atoms with E-state index < -0.39 is 22.7 Å². The van der Waals surface area contributed by atoms with E-state index in [2.05, 4.69) is 4.98 Å². The first kappa shape index (κ1) is 20.8. The van der Waals surface area contributed by atoms with Crippen LogP contribution in [0.3, 0.4) is 0 Å². The molecular weight excluding hydrogens is 312 g/mol. The maximum absolute atomic E-state index is 12.6. The van der Waals surface area contributed by atoms with Gasteiger partial charge in [0.15, 0.2) is 4.99 Å². The Bertz CT molecular complexity index is 563. The average Bonchev–Trinajstić information content (AvgIpc) is 2.36. The predicted octanol–water partition coefficient (Wildman–Crippen LogP) is -0.779. The Morgan fingerprint density at radius 2 is 1.90 bits per heavy atom. The summed E-state index contributed by atoms with van der Waals surface area (Å²) in [6, 6.07) is 4.90. The van der Waals surface area contributed by atoms with E-state index in [1.54, 1.807) is 32.0 Å². The van der Waals surface area contributed by atoms with E-state index in [-0.39, 0.29) is 39.9 Å². The summed E-state index contributed by atoms with van der Waals surface area (Å²) in [6.07, 6.45) is 1.22. The Hall–Kier alpha value is -0.193. The first-order chi connectivity index (χ1) is 9.33. The van der Waals surface area contributed by atoms with Crippen LogP contribution in [-0.4, -0.2) is 36.2 Å². The van der Waals surface area contributed by atoms with Gasteiger partial charge in [-0.3, -0.25) is 14.1 Å². The van der Waals surface area contributed by atoms with Gasteiger partial charge in [0.05, 0.1) is 13.2 Å². The molecule has 0 fully saturated rings. The molecule has 1 aromatic heterocycles. The van der Waals surface area contributed by atoms with E-state index in [9.17, 15) is 17.5 Å². The molecule has 21 heavy (non-hydrogen) atoms. The maximum Gasteiger partial charge on any atom is 1.00 e. The van der Waals surface area contributed by atoms with E-state index in [0.717, 1.165) is 0 Å². The molecule has 1 heterocycles. The zero-order valence-corrected chi connectivity index (χ0v) is 14.0. The molecule has 1 unspecified atom stereocenters. The Labute approximate surface area is 138 Å². The minimum atomic E-state index is -4.62. The van der Waals surface area contributed by atoms with Gasteiger partial charge in [0.2, 0.25) is 0 Å². The van der Waals surface area contributed by atoms with Gasteiger partial charge in [-0.15, -0.1) is 0 Å². The van der Waals surface area contributed by atoms with Crippen molar-refractivity contribution in [2.75, 3.05) is 13.2 Å². The van der Waals surface area contributed by atoms with Crippen LogP contribution in [0.15, 0.2) is 24.4 Å². The molecule has 116 valence electrons. The van der Waals surface area contributed by atoms with Crippen molar-refractivity contribution >= 4 is 17.7 Å². The van der Waals surface area contributed by atoms with Crippen molar-refractivity contribution in [2.45, 2.75) is 25.3 Å². The van der Waals surface area contributed by atoms with E-state index >= 15 is 0 Å². The Kier molecular flexibility index (Phi) is 8.98. The quantitative estimate of drug-likeness (QED) is 0.379. The summed E-state index contributed by atoms with van der Waals surface area (Å²) in [6.45, 7) is 3.14. The van der Waals surface area contributed by atoms with E-state index in [1.807, 2.05) is 0 Å². The normalized spacial score (nSPS) is 13.5. The van der Waals surface area contributed by atoms with Crippen LogP contribution in [0.1, 0.15) is 21.0 Å². The molecule has 10 heteroatoms. The molecular formula is C11H19LiNO6PS. The summed E-state index contributed by atoms with van der Waals surface area (Å²) in [4.78, 5) is 2.27. The Morgan fingerprint density at radius 1 is 1.33 bits per heavy atom. The first-order valence-electron chi connectivity index (χ1n) is 6.08.